The molecule has 0 spiro atoms. The molecule has 0 N–H and O–H groups in total. The lowest BCUT2D eigenvalue weighted by Crippen LogP contribution is -2.31. The number of aromatic nitrogens is 2. The Bertz CT molecular complexity index is 1800. The Morgan fingerprint density at radius 2 is 1.29 bits per heavy atom. The van der Waals surface area contributed by atoms with Crippen LogP contribution in [-0.4, -0.2) is 4.40 Å². The van der Waals surface area contributed by atoms with Gasteiger partial charge < -0.3 is 4.40 Å². The smallest absolute Gasteiger partial charge is 0.238 e. The molecule has 0 saturated heterocycles. The van der Waals surface area contributed by atoms with Crippen molar-refractivity contribution in [2.45, 2.75) is 6.92 Å². The van der Waals surface area contributed by atoms with E-state index in [1.807, 2.05) is 0 Å². The molecule has 146 valence electrons. The van der Waals surface area contributed by atoms with E-state index in [0.717, 1.165) is 0 Å². The molecule has 2 heteroatoms. The maximum atomic E-state index is 2.49. The molecule has 0 aliphatic heterocycles. The first-order chi connectivity index (χ1) is 15.2. The minimum atomic E-state index is 1.27. The SMILES string of the molecule is Cc1ccc2ccccc2c1-c1c2c(cc[n+]1C)c1cccc3c4ccccc4n2c31. The fraction of sp³-hybridized carbons (Fsp3) is 0.0690. The van der Waals surface area contributed by atoms with Gasteiger partial charge in [-0.3, -0.25) is 0 Å². The maximum Gasteiger partial charge on any atom is 0.238 e. The number of fused-ring (bicyclic) bond motifs is 7. The molecule has 0 unspecified atom stereocenters. The molecule has 0 radical (unpaired) electrons. The molecule has 0 bridgehead atoms. The number of aryl methyl sites for hydroxylation is 2. The van der Waals surface area contributed by atoms with Crippen molar-refractivity contribution in [3.8, 4) is 11.3 Å². The summed E-state index contributed by atoms with van der Waals surface area (Å²) in [5, 5.41) is 7.86. The lowest BCUT2D eigenvalue weighted by molar-refractivity contribution is -0.659. The van der Waals surface area contributed by atoms with Crippen LogP contribution in [0, 0.1) is 6.92 Å². The molecule has 0 atom stereocenters. The van der Waals surface area contributed by atoms with Gasteiger partial charge in [-0.25, -0.2) is 0 Å². The number of para-hydroxylation sites is 2. The van der Waals surface area contributed by atoms with Crippen LogP contribution in [0.2, 0.25) is 0 Å². The normalized spacial score (nSPS) is 12.2. The zero-order chi connectivity index (χ0) is 20.7. The van der Waals surface area contributed by atoms with Crippen LogP contribution in [-0.2, 0) is 7.05 Å². The van der Waals surface area contributed by atoms with Crippen LogP contribution >= 0.6 is 0 Å². The number of pyridine rings is 1. The molecule has 0 aliphatic rings. The van der Waals surface area contributed by atoms with Crippen molar-refractivity contribution in [1.29, 1.82) is 0 Å². The largest absolute Gasteiger partial charge is 0.302 e. The van der Waals surface area contributed by atoms with Crippen molar-refractivity contribution < 1.29 is 4.57 Å². The third-order valence-electron chi connectivity index (χ3n) is 6.88. The van der Waals surface area contributed by atoms with Crippen LogP contribution < -0.4 is 4.57 Å². The summed E-state index contributed by atoms with van der Waals surface area (Å²) < 4.78 is 4.78. The number of rotatable bonds is 1. The second-order valence-electron chi connectivity index (χ2n) is 8.57. The number of hydrogen-bond acceptors (Lipinski definition) is 0. The number of nitrogens with zero attached hydrogens (tertiary/aromatic N) is 2. The Balaban J connectivity index is 1.82. The minimum Gasteiger partial charge on any atom is -0.302 e. The van der Waals surface area contributed by atoms with Gasteiger partial charge in [-0.05, 0) is 29.3 Å². The van der Waals surface area contributed by atoms with E-state index in [4.69, 9.17) is 0 Å². The molecule has 4 aromatic carbocycles. The average Bonchev–Trinajstić information content (AvgIpc) is 3.32. The van der Waals surface area contributed by atoms with Gasteiger partial charge in [-0.1, -0.05) is 72.8 Å². The summed E-state index contributed by atoms with van der Waals surface area (Å²) in [5.41, 5.74) is 7.77. The Kier molecular flexibility index (Phi) is 3.17. The number of hydrogen-bond donors (Lipinski definition) is 0. The van der Waals surface area contributed by atoms with E-state index in [9.17, 15) is 0 Å². The molecule has 0 aliphatic carbocycles. The van der Waals surface area contributed by atoms with E-state index in [2.05, 4.69) is 114 Å². The van der Waals surface area contributed by atoms with Gasteiger partial charge in [0, 0.05) is 27.6 Å². The van der Waals surface area contributed by atoms with Crippen molar-refractivity contribution in [2.24, 2.45) is 7.05 Å². The van der Waals surface area contributed by atoms with E-state index in [1.165, 1.54) is 65.7 Å². The third-order valence-corrected chi connectivity index (χ3v) is 6.88. The Labute approximate surface area is 179 Å². The molecule has 2 nitrogen and oxygen atoms in total. The predicted molar refractivity (Wildman–Crippen MR) is 130 cm³/mol. The first kappa shape index (κ1) is 16.8. The zero-order valence-corrected chi connectivity index (χ0v) is 17.6. The Morgan fingerprint density at radius 3 is 2.16 bits per heavy atom. The first-order valence-electron chi connectivity index (χ1n) is 10.8. The quantitative estimate of drug-likeness (QED) is 0.270. The third kappa shape index (κ3) is 2.04. The van der Waals surface area contributed by atoms with Crippen LogP contribution in [0.4, 0.5) is 0 Å². The summed E-state index contributed by atoms with van der Waals surface area (Å²) in [7, 11) is 2.17. The van der Waals surface area contributed by atoms with Gasteiger partial charge in [0.25, 0.3) is 0 Å². The van der Waals surface area contributed by atoms with E-state index in [0.29, 0.717) is 0 Å². The highest BCUT2D eigenvalue weighted by Crippen LogP contribution is 2.42. The van der Waals surface area contributed by atoms with Gasteiger partial charge in [0.2, 0.25) is 5.69 Å². The highest BCUT2D eigenvalue weighted by atomic mass is 15.0. The fourth-order valence-corrected chi connectivity index (χ4v) is 5.54. The summed E-state index contributed by atoms with van der Waals surface area (Å²) in [6, 6.07) is 31.0. The average molecular weight is 398 g/mol. The van der Waals surface area contributed by atoms with Crippen LogP contribution in [0.5, 0.6) is 0 Å². The first-order valence-corrected chi connectivity index (χ1v) is 10.8. The summed E-state index contributed by atoms with van der Waals surface area (Å²) in [6.07, 6.45) is 2.21. The van der Waals surface area contributed by atoms with E-state index in [1.54, 1.807) is 0 Å². The molecule has 0 saturated carbocycles. The predicted octanol–water partition coefficient (Wildman–Crippen LogP) is 6.79. The van der Waals surface area contributed by atoms with Gasteiger partial charge >= 0.3 is 0 Å². The van der Waals surface area contributed by atoms with Crippen LogP contribution in [0.3, 0.4) is 0 Å². The lowest BCUT2D eigenvalue weighted by Gasteiger charge is -2.11. The van der Waals surface area contributed by atoms with Gasteiger partial charge in [-0.15, -0.1) is 0 Å². The number of benzene rings is 4. The molecule has 0 fully saturated rings. The highest BCUT2D eigenvalue weighted by Gasteiger charge is 2.26. The van der Waals surface area contributed by atoms with E-state index in [-0.39, 0.29) is 0 Å². The maximum absolute atomic E-state index is 2.49. The molecule has 7 rings (SSSR count). The van der Waals surface area contributed by atoms with Crippen LogP contribution in [0.15, 0.2) is 91.1 Å². The van der Waals surface area contributed by atoms with Crippen molar-refractivity contribution in [2.75, 3.05) is 0 Å². The topological polar surface area (TPSA) is 8.29 Å². The second kappa shape index (κ2) is 5.83. The molecule has 31 heavy (non-hydrogen) atoms. The van der Waals surface area contributed by atoms with Crippen molar-refractivity contribution in [3.05, 3.63) is 96.7 Å². The highest BCUT2D eigenvalue weighted by molar-refractivity contribution is 6.25. The van der Waals surface area contributed by atoms with Crippen molar-refractivity contribution in [3.63, 3.8) is 0 Å². The zero-order valence-electron chi connectivity index (χ0n) is 17.6. The second-order valence-corrected chi connectivity index (χ2v) is 8.57. The summed E-state index contributed by atoms with van der Waals surface area (Å²) in [4.78, 5) is 0. The van der Waals surface area contributed by atoms with Gasteiger partial charge in [0.05, 0.1) is 16.6 Å². The molecule has 3 heterocycles. The van der Waals surface area contributed by atoms with Gasteiger partial charge in [0.15, 0.2) is 6.20 Å². The molecule has 3 aromatic heterocycles. The molecular weight excluding hydrogens is 376 g/mol. The summed E-state index contributed by atoms with van der Waals surface area (Å²) in [6.45, 7) is 2.23. The monoisotopic (exact) mass is 397 g/mol. The summed E-state index contributed by atoms with van der Waals surface area (Å²) in [5.74, 6) is 0. The Morgan fingerprint density at radius 1 is 0.613 bits per heavy atom. The lowest BCUT2D eigenvalue weighted by atomic mass is 9.95. The van der Waals surface area contributed by atoms with Crippen molar-refractivity contribution >= 4 is 48.9 Å². The fourth-order valence-electron chi connectivity index (χ4n) is 5.54. The van der Waals surface area contributed by atoms with Crippen molar-refractivity contribution in [1.82, 2.24) is 4.40 Å². The van der Waals surface area contributed by atoms with Crippen LogP contribution in [0.25, 0.3) is 60.1 Å². The summed E-state index contributed by atoms with van der Waals surface area (Å²) >= 11 is 0. The van der Waals surface area contributed by atoms with Crippen LogP contribution in [0.1, 0.15) is 5.56 Å². The Hall–Kier alpha value is -3.91. The molecule has 7 aromatic rings. The standard InChI is InChI=1S/C29H21N2/c1-18-14-15-19-8-3-4-9-20(19)26(18)29-28-24(16-17-30(29)2)23-12-7-11-22-21-10-5-6-13-25(21)31(28)27(22)23/h3-17H,1-2H3/q+1. The molecule has 0 amide bonds. The molecular formula is C29H21N2+. The van der Waals surface area contributed by atoms with Gasteiger partial charge in [0.1, 0.15) is 12.6 Å². The minimum absolute atomic E-state index is 1.27. The van der Waals surface area contributed by atoms with Gasteiger partial charge in [-0.2, -0.15) is 4.57 Å². The van der Waals surface area contributed by atoms with E-state index < -0.39 is 0 Å². The van der Waals surface area contributed by atoms with E-state index >= 15 is 0 Å².